The van der Waals surface area contributed by atoms with Gasteiger partial charge in [-0.05, 0) is 18.2 Å². The van der Waals surface area contributed by atoms with E-state index in [1.165, 1.54) is 18.5 Å². The zero-order valence-corrected chi connectivity index (χ0v) is 12.1. The van der Waals surface area contributed by atoms with Gasteiger partial charge in [0.2, 0.25) is 0 Å². The van der Waals surface area contributed by atoms with Crippen LogP contribution in [0.1, 0.15) is 5.56 Å². The van der Waals surface area contributed by atoms with Crippen molar-refractivity contribution in [3.05, 3.63) is 52.3 Å². The molecule has 0 aliphatic carbocycles. The number of aromatic nitrogens is 3. The van der Waals surface area contributed by atoms with E-state index in [9.17, 15) is 22.4 Å². The van der Waals surface area contributed by atoms with Gasteiger partial charge in [-0.3, -0.25) is 9.78 Å². The van der Waals surface area contributed by atoms with Gasteiger partial charge in [0.25, 0.3) is 5.56 Å². The Balaban J connectivity index is 2.35. The van der Waals surface area contributed by atoms with Crippen LogP contribution in [0.15, 0.2) is 35.4 Å². The van der Waals surface area contributed by atoms with Gasteiger partial charge < -0.3 is 4.74 Å². The van der Waals surface area contributed by atoms with E-state index >= 15 is 0 Å². The number of rotatable bonds is 2. The predicted molar refractivity (Wildman–Crippen MR) is 77.1 cm³/mol. The van der Waals surface area contributed by atoms with E-state index in [1.807, 2.05) is 0 Å². The third kappa shape index (κ3) is 2.57. The highest BCUT2D eigenvalue weighted by Crippen LogP contribution is 2.39. The molecule has 124 valence electrons. The zero-order chi connectivity index (χ0) is 17.5. The Kier molecular flexibility index (Phi) is 3.70. The first-order chi connectivity index (χ1) is 11.3. The topological polar surface area (TPSA) is 67.9 Å². The lowest BCUT2D eigenvalue weighted by atomic mass is 10.0. The lowest BCUT2D eigenvalue weighted by Gasteiger charge is -2.14. The summed E-state index contributed by atoms with van der Waals surface area (Å²) in [6, 6.07) is 2.46. The largest absolute Gasteiger partial charge is 0.496 e. The van der Waals surface area contributed by atoms with Crippen LogP contribution in [0, 0.1) is 5.82 Å². The fraction of sp³-hybridized carbons (Fsp3) is 0.133. The lowest BCUT2D eigenvalue weighted by Crippen LogP contribution is -2.11. The van der Waals surface area contributed by atoms with Gasteiger partial charge >= 0.3 is 6.18 Å². The molecule has 3 rings (SSSR count). The molecule has 0 aliphatic rings. The maximum absolute atomic E-state index is 14.4. The number of fused-ring (bicyclic) bond motifs is 1. The van der Waals surface area contributed by atoms with Crippen LogP contribution in [0.3, 0.4) is 0 Å². The van der Waals surface area contributed by atoms with Crippen LogP contribution in [-0.4, -0.2) is 22.3 Å². The average molecular weight is 339 g/mol. The third-order valence-corrected chi connectivity index (χ3v) is 3.43. The van der Waals surface area contributed by atoms with Crippen molar-refractivity contribution in [3.8, 4) is 17.0 Å². The van der Waals surface area contributed by atoms with E-state index in [0.717, 1.165) is 7.11 Å². The minimum absolute atomic E-state index is 0.0462. The standard InChI is InChI=1S/C15H9F4N3O2/c1-24-11-5-7(15(17,18)19)4-10(16)12(11)13-8-2-3-20-6-9(8)14(23)22-21-13/h2-6H,1H3,(H,22,23). The monoisotopic (exact) mass is 339 g/mol. The number of halogens is 4. The van der Waals surface area contributed by atoms with Gasteiger partial charge in [0, 0.05) is 17.8 Å². The molecule has 1 N–H and O–H groups in total. The first kappa shape index (κ1) is 15.9. The summed E-state index contributed by atoms with van der Waals surface area (Å²) < 4.78 is 57.8. The number of hydrogen-bond acceptors (Lipinski definition) is 4. The molecule has 0 saturated heterocycles. The predicted octanol–water partition coefficient (Wildman–Crippen LogP) is 3.15. The van der Waals surface area contributed by atoms with E-state index in [4.69, 9.17) is 4.74 Å². The molecule has 0 fully saturated rings. The van der Waals surface area contributed by atoms with Gasteiger partial charge in [-0.25, -0.2) is 9.49 Å². The number of nitrogens with one attached hydrogen (secondary N) is 1. The number of hydrogen-bond donors (Lipinski definition) is 1. The van der Waals surface area contributed by atoms with Crippen molar-refractivity contribution in [2.24, 2.45) is 0 Å². The van der Waals surface area contributed by atoms with Crippen molar-refractivity contribution in [3.63, 3.8) is 0 Å². The highest BCUT2D eigenvalue weighted by molar-refractivity contribution is 5.94. The van der Waals surface area contributed by atoms with Crippen LogP contribution in [-0.2, 0) is 6.18 Å². The zero-order valence-electron chi connectivity index (χ0n) is 12.1. The third-order valence-electron chi connectivity index (χ3n) is 3.43. The van der Waals surface area contributed by atoms with Crippen molar-refractivity contribution in [2.45, 2.75) is 6.18 Å². The maximum atomic E-state index is 14.4. The fourth-order valence-electron chi connectivity index (χ4n) is 2.34. The molecule has 2 aromatic heterocycles. The van der Waals surface area contributed by atoms with Crippen LogP contribution in [0.2, 0.25) is 0 Å². The quantitative estimate of drug-likeness (QED) is 0.728. The first-order valence-corrected chi connectivity index (χ1v) is 6.60. The normalized spacial score (nSPS) is 11.7. The average Bonchev–Trinajstić information content (AvgIpc) is 2.54. The summed E-state index contributed by atoms with van der Waals surface area (Å²) in [5.41, 5.74) is -2.06. The molecule has 0 unspecified atom stereocenters. The molecular weight excluding hydrogens is 330 g/mol. The molecule has 0 radical (unpaired) electrons. The van der Waals surface area contributed by atoms with E-state index in [0.29, 0.717) is 12.1 Å². The van der Waals surface area contributed by atoms with E-state index in [-0.39, 0.29) is 27.8 Å². The smallest absolute Gasteiger partial charge is 0.416 e. The summed E-state index contributed by atoms with van der Waals surface area (Å²) in [6.07, 6.45) is -2.10. The van der Waals surface area contributed by atoms with E-state index in [2.05, 4.69) is 15.2 Å². The summed E-state index contributed by atoms with van der Waals surface area (Å²) in [4.78, 5) is 15.6. The number of aromatic amines is 1. The molecule has 9 heteroatoms. The molecule has 0 spiro atoms. The minimum atomic E-state index is -4.73. The molecule has 2 heterocycles. The minimum Gasteiger partial charge on any atom is -0.496 e. The Hall–Kier alpha value is -2.97. The molecule has 5 nitrogen and oxygen atoms in total. The highest BCUT2D eigenvalue weighted by Gasteiger charge is 2.33. The van der Waals surface area contributed by atoms with Crippen molar-refractivity contribution >= 4 is 10.8 Å². The molecule has 0 amide bonds. The second-order valence-corrected chi connectivity index (χ2v) is 4.86. The van der Waals surface area contributed by atoms with Crippen LogP contribution in [0.4, 0.5) is 17.6 Å². The molecule has 0 atom stereocenters. The Labute approximate surface area is 131 Å². The number of benzene rings is 1. The second kappa shape index (κ2) is 5.59. The number of pyridine rings is 1. The van der Waals surface area contributed by atoms with Gasteiger partial charge in [0.1, 0.15) is 17.3 Å². The summed E-state index contributed by atoms with van der Waals surface area (Å²) >= 11 is 0. The second-order valence-electron chi connectivity index (χ2n) is 4.86. The van der Waals surface area contributed by atoms with Crippen LogP contribution in [0.25, 0.3) is 22.0 Å². The van der Waals surface area contributed by atoms with Gasteiger partial charge in [-0.15, -0.1) is 0 Å². The van der Waals surface area contributed by atoms with Crippen molar-refractivity contribution in [2.75, 3.05) is 7.11 Å². The van der Waals surface area contributed by atoms with Crippen LogP contribution in [0.5, 0.6) is 5.75 Å². The number of nitrogens with zero attached hydrogens (tertiary/aromatic N) is 2. The molecule has 0 bridgehead atoms. The highest BCUT2D eigenvalue weighted by atomic mass is 19.4. The van der Waals surface area contributed by atoms with E-state index < -0.39 is 23.1 Å². The number of H-pyrrole nitrogens is 1. The summed E-state index contributed by atoms with van der Waals surface area (Å²) in [6.45, 7) is 0. The van der Waals surface area contributed by atoms with Crippen molar-refractivity contribution < 1.29 is 22.3 Å². The number of methoxy groups -OCH3 is 1. The maximum Gasteiger partial charge on any atom is 0.416 e. The Morgan fingerprint density at radius 2 is 1.96 bits per heavy atom. The number of ether oxygens (including phenoxy) is 1. The molecule has 1 aromatic carbocycles. The number of alkyl halides is 3. The Morgan fingerprint density at radius 1 is 1.21 bits per heavy atom. The van der Waals surface area contributed by atoms with Gasteiger partial charge in [0.15, 0.2) is 0 Å². The van der Waals surface area contributed by atoms with Crippen LogP contribution >= 0.6 is 0 Å². The molecule has 3 aromatic rings. The lowest BCUT2D eigenvalue weighted by molar-refractivity contribution is -0.137. The molecular formula is C15H9F4N3O2. The summed E-state index contributed by atoms with van der Waals surface area (Å²) in [5, 5.41) is 6.32. The van der Waals surface area contributed by atoms with Crippen molar-refractivity contribution in [1.29, 1.82) is 0 Å². The first-order valence-electron chi connectivity index (χ1n) is 6.60. The Morgan fingerprint density at radius 3 is 2.62 bits per heavy atom. The van der Waals surface area contributed by atoms with Crippen molar-refractivity contribution in [1.82, 2.24) is 15.2 Å². The van der Waals surface area contributed by atoms with Gasteiger partial charge in [-0.1, -0.05) is 0 Å². The van der Waals surface area contributed by atoms with Gasteiger partial charge in [0.05, 0.1) is 23.6 Å². The fourth-order valence-corrected chi connectivity index (χ4v) is 2.34. The van der Waals surface area contributed by atoms with Gasteiger partial charge in [-0.2, -0.15) is 18.3 Å². The molecule has 0 aliphatic heterocycles. The molecule has 0 saturated carbocycles. The molecule has 24 heavy (non-hydrogen) atoms. The SMILES string of the molecule is COc1cc(C(F)(F)F)cc(F)c1-c1n[nH]c(=O)c2cnccc12. The summed E-state index contributed by atoms with van der Waals surface area (Å²) in [5.74, 6) is -1.51. The van der Waals surface area contributed by atoms with E-state index in [1.54, 1.807) is 0 Å². The Bertz CT molecular complexity index is 983. The van der Waals surface area contributed by atoms with Crippen LogP contribution < -0.4 is 10.3 Å². The summed E-state index contributed by atoms with van der Waals surface area (Å²) in [7, 11) is 1.12.